The lowest BCUT2D eigenvalue weighted by molar-refractivity contribution is 0.0787. The maximum atomic E-state index is 9.76. The number of aliphatic hydroxyl groups is 1. The highest BCUT2D eigenvalue weighted by molar-refractivity contribution is 5.70. The average Bonchev–Trinajstić information content (AvgIpc) is 3.18. The van der Waals surface area contributed by atoms with Gasteiger partial charge in [-0.15, -0.1) is 0 Å². The number of hydrogen-bond acceptors (Lipinski definition) is 9. The van der Waals surface area contributed by atoms with E-state index in [1.54, 1.807) is 12.4 Å². The molecule has 2 aliphatic rings. The van der Waals surface area contributed by atoms with E-state index in [4.69, 9.17) is 20.4 Å². The van der Waals surface area contributed by atoms with Crippen molar-refractivity contribution < 1.29 is 9.84 Å². The molecule has 0 atom stereocenters. The first-order valence-corrected chi connectivity index (χ1v) is 10.4. The zero-order valence-electron chi connectivity index (χ0n) is 16.8. The van der Waals surface area contributed by atoms with Crippen LogP contribution >= 0.6 is 0 Å². The lowest BCUT2D eigenvalue weighted by atomic mass is 10.1. The number of nitrogens with zero attached hydrogens (tertiary/aromatic N) is 7. The van der Waals surface area contributed by atoms with Crippen molar-refractivity contribution in [1.82, 2.24) is 29.2 Å². The monoisotopic (exact) mass is 410 g/mol. The van der Waals surface area contributed by atoms with Gasteiger partial charge in [-0.1, -0.05) is 0 Å². The molecule has 2 aliphatic heterocycles. The molecule has 10 nitrogen and oxygen atoms in total. The molecule has 0 aromatic carbocycles. The van der Waals surface area contributed by atoms with Gasteiger partial charge in [-0.05, 0) is 12.8 Å². The molecule has 2 fully saturated rings. The molecule has 158 valence electrons. The Morgan fingerprint density at radius 3 is 2.50 bits per heavy atom. The van der Waals surface area contributed by atoms with Gasteiger partial charge < -0.3 is 24.9 Å². The number of anilines is 2. The van der Waals surface area contributed by atoms with Gasteiger partial charge in [0.1, 0.15) is 0 Å². The van der Waals surface area contributed by atoms with E-state index in [1.165, 1.54) is 0 Å². The van der Waals surface area contributed by atoms with Crippen LogP contribution in [-0.2, 0) is 11.3 Å². The van der Waals surface area contributed by atoms with Crippen molar-refractivity contribution in [3.05, 3.63) is 30.5 Å². The van der Waals surface area contributed by atoms with Crippen molar-refractivity contribution in [3.8, 4) is 11.3 Å². The topological polar surface area (TPSA) is 118 Å². The van der Waals surface area contributed by atoms with Crippen molar-refractivity contribution in [2.75, 3.05) is 50.0 Å². The second-order valence-electron chi connectivity index (χ2n) is 7.85. The van der Waals surface area contributed by atoms with Gasteiger partial charge in [0.25, 0.3) is 0 Å². The van der Waals surface area contributed by atoms with E-state index in [9.17, 15) is 5.11 Å². The van der Waals surface area contributed by atoms with Gasteiger partial charge in [-0.3, -0.25) is 4.90 Å². The first kappa shape index (κ1) is 19.2. The van der Waals surface area contributed by atoms with Gasteiger partial charge in [0.15, 0.2) is 11.5 Å². The summed E-state index contributed by atoms with van der Waals surface area (Å²) in [5.74, 6) is 1.08. The zero-order valence-corrected chi connectivity index (χ0v) is 16.8. The van der Waals surface area contributed by atoms with Crippen LogP contribution in [-0.4, -0.2) is 79.8 Å². The van der Waals surface area contributed by atoms with E-state index < -0.39 is 0 Å². The summed E-state index contributed by atoms with van der Waals surface area (Å²) in [5.41, 5.74) is 9.05. The van der Waals surface area contributed by atoms with E-state index in [1.807, 2.05) is 10.6 Å². The summed E-state index contributed by atoms with van der Waals surface area (Å²) < 4.78 is 7.56. The summed E-state index contributed by atoms with van der Waals surface area (Å²) in [6, 6.07) is 0. The predicted octanol–water partition coefficient (Wildman–Crippen LogP) is 0.562. The third-order valence-corrected chi connectivity index (χ3v) is 5.69. The predicted molar refractivity (Wildman–Crippen MR) is 112 cm³/mol. The molecule has 5 heterocycles. The SMILES string of the molecule is Nc1ncc(-c2cn3cc(CN4CCC(O)CC4)nc3c(N3CCOCC3)n2)cn1. The lowest BCUT2D eigenvalue weighted by Crippen LogP contribution is -2.37. The molecule has 0 amide bonds. The number of fused-ring (bicyclic) bond motifs is 1. The van der Waals surface area contributed by atoms with E-state index in [2.05, 4.69) is 26.0 Å². The smallest absolute Gasteiger partial charge is 0.219 e. The largest absolute Gasteiger partial charge is 0.393 e. The van der Waals surface area contributed by atoms with Crippen LogP contribution < -0.4 is 10.6 Å². The lowest BCUT2D eigenvalue weighted by Gasteiger charge is -2.28. The molecule has 30 heavy (non-hydrogen) atoms. The number of hydrogen-bond donors (Lipinski definition) is 2. The molecule has 3 aromatic heterocycles. The Bertz CT molecular complexity index is 1010. The minimum absolute atomic E-state index is 0.177. The minimum atomic E-state index is -0.177. The van der Waals surface area contributed by atoms with Crippen LogP contribution in [0.4, 0.5) is 11.8 Å². The number of imidazole rings is 1. The Labute approximate surface area is 174 Å². The van der Waals surface area contributed by atoms with E-state index >= 15 is 0 Å². The highest BCUT2D eigenvalue weighted by atomic mass is 16.5. The first-order chi connectivity index (χ1) is 14.7. The molecule has 5 rings (SSSR count). The summed E-state index contributed by atoms with van der Waals surface area (Å²) in [5, 5.41) is 9.76. The summed E-state index contributed by atoms with van der Waals surface area (Å²) in [4.78, 5) is 22.6. The minimum Gasteiger partial charge on any atom is -0.393 e. The second kappa shape index (κ2) is 8.13. The van der Waals surface area contributed by atoms with Crippen LogP contribution in [0.15, 0.2) is 24.8 Å². The van der Waals surface area contributed by atoms with Crippen LogP contribution in [0.1, 0.15) is 18.5 Å². The fourth-order valence-corrected chi connectivity index (χ4v) is 4.01. The molecule has 0 saturated carbocycles. The van der Waals surface area contributed by atoms with E-state index in [-0.39, 0.29) is 12.1 Å². The number of rotatable bonds is 4. The van der Waals surface area contributed by atoms with Gasteiger partial charge in [0, 0.05) is 63.1 Å². The third-order valence-electron chi connectivity index (χ3n) is 5.69. The number of morpholine rings is 1. The number of aliphatic hydroxyl groups excluding tert-OH is 1. The van der Waals surface area contributed by atoms with Gasteiger partial charge in [-0.25, -0.2) is 19.9 Å². The van der Waals surface area contributed by atoms with E-state index in [0.717, 1.165) is 74.0 Å². The molecular weight excluding hydrogens is 384 g/mol. The molecule has 0 unspecified atom stereocenters. The Kier molecular flexibility index (Phi) is 5.19. The highest BCUT2D eigenvalue weighted by Crippen LogP contribution is 2.26. The maximum Gasteiger partial charge on any atom is 0.219 e. The molecule has 0 aliphatic carbocycles. The summed E-state index contributed by atoms with van der Waals surface area (Å²) in [6.45, 7) is 5.43. The normalized spacial score (nSPS) is 18.9. The van der Waals surface area contributed by atoms with Crippen molar-refractivity contribution in [2.24, 2.45) is 0 Å². The molecule has 2 saturated heterocycles. The van der Waals surface area contributed by atoms with Crippen molar-refractivity contribution >= 4 is 17.4 Å². The second-order valence-corrected chi connectivity index (χ2v) is 7.85. The van der Waals surface area contributed by atoms with Crippen LogP contribution in [0.3, 0.4) is 0 Å². The van der Waals surface area contributed by atoms with Gasteiger partial charge in [-0.2, -0.15) is 0 Å². The highest BCUT2D eigenvalue weighted by Gasteiger charge is 2.22. The fraction of sp³-hybridized carbons (Fsp3) is 0.500. The van der Waals surface area contributed by atoms with E-state index in [0.29, 0.717) is 13.2 Å². The number of aromatic nitrogens is 5. The number of piperidine rings is 1. The van der Waals surface area contributed by atoms with Crippen LogP contribution in [0.2, 0.25) is 0 Å². The van der Waals surface area contributed by atoms with Crippen LogP contribution in [0, 0.1) is 0 Å². The molecular formula is C20H26N8O2. The number of ether oxygens (including phenoxy) is 1. The Balaban J connectivity index is 1.51. The van der Waals surface area contributed by atoms with Gasteiger partial charge in [0.05, 0.1) is 30.7 Å². The molecule has 10 heteroatoms. The molecule has 0 bridgehead atoms. The zero-order chi connectivity index (χ0) is 20.5. The summed E-state index contributed by atoms with van der Waals surface area (Å²) >= 11 is 0. The van der Waals surface area contributed by atoms with Crippen LogP contribution in [0.25, 0.3) is 16.9 Å². The molecule has 0 radical (unpaired) electrons. The van der Waals surface area contributed by atoms with Crippen molar-refractivity contribution in [1.29, 1.82) is 0 Å². The Morgan fingerprint density at radius 1 is 1.03 bits per heavy atom. The molecule has 3 aromatic rings. The van der Waals surface area contributed by atoms with Crippen molar-refractivity contribution in [3.63, 3.8) is 0 Å². The van der Waals surface area contributed by atoms with Gasteiger partial charge >= 0.3 is 0 Å². The summed E-state index contributed by atoms with van der Waals surface area (Å²) in [6.07, 6.45) is 8.86. The third kappa shape index (κ3) is 3.93. The number of nitrogen functional groups attached to an aromatic ring is 1. The number of nitrogens with two attached hydrogens (primary N) is 1. The Morgan fingerprint density at radius 2 is 1.77 bits per heavy atom. The maximum absolute atomic E-state index is 9.76. The Hall–Kier alpha value is -2.82. The average molecular weight is 410 g/mol. The van der Waals surface area contributed by atoms with Gasteiger partial charge in [0.2, 0.25) is 5.95 Å². The van der Waals surface area contributed by atoms with Crippen LogP contribution in [0.5, 0.6) is 0 Å². The molecule has 0 spiro atoms. The standard InChI is InChI=1S/C20H26N8O2/c21-20-22-9-14(10-23-20)17-13-28-12-15(11-26-3-1-16(29)2-4-26)24-18(28)19(25-17)27-5-7-30-8-6-27/h9-10,12-13,16,29H,1-8,11H2,(H2,21,22,23). The fourth-order valence-electron chi connectivity index (χ4n) is 4.01. The number of likely N-dealkylation sites (tertiary alicyclic amines) is 1. The molecule has 3 N–H and O–H groups in total. The quantitative estimate of drug-likeness (QED) is 0.636. The summed E-state index contributed by atoms with van der Waals surface area (Å²) in [7, 11) is 0. The van der Waals surface area contributed by atoms with Crippen molar-refractivity contribution in [2.45, 2.75) is 25.5 Å². The first-order valence-electron chi connectivity index (χ1n) is 10.4.